The number of ether oxygens (including phenoxy) is 1. The lowest BCUT2D eigenvalue weighted by molar-refractivity contribution is 0.301. The minimum Gasteiger partial charge on any atom is -0.476 e. The lowest BCUT2D eigenvalue weighted by Gasteiger charge is -2.09. The van der Waals surface area contributed by atoms with Crippen LogP contribution in [0.4, 0.5) is 0 Å². The Morgan fingerprint density at radius 2 is 1.35 bits per heavy atom. The average Bonchev–Trinajstić information content (AvgIpc) is 2.82. The lowest BCUT2D eigenvalue weighted by atomic mass is 10.2. The van der Waals surface area contributed by atoms with Gasteiger partial charge in [0.05, 0.1) is 6.61 Å². The average molecular weight is 409 g/mol. The van der Waals surface area contributed by atoms with E-state index in [9.17, 15) is 4.79 Å². The fourth-order valence-electron chi connectivity index (χ4n) is 3.32. The lowest BCUT2D eigenvalue weighted by Crippen LogP contribution is -2.44. The summed E-state index contributed by atoms with van der Waals surface area (Å²) < 4.78 is 7.71. The molecule has 0 bridgehead atoms. The molecule has 0 aliphatic heterocycles. The van der Waals surface area contributed by atoms with Crippen LogP contribution in [0.25, 0.3) is 12.2 Å². The molecule has 0 atom stereocenters. The van der Waals surface area contributed by atoms with Crippen molar-refractivity contribution < 1.29 is 4.74 Å². The summed E-state index contributed by atoms with van der Waals surface area (Å²) >= 11 is 0. The Bertz CT molecular complexity index is 1310. The van der Waals surface area contributed by atoms with Gasteiger partial charge in [0, 0.05) is 13.5 Å². The molecule has 154 valence electrons. The van der Waals surface area contributed by atoms with Crippen molar-refractivity contribution in [3.8, 4) is 5.88 Å². The molecule has 0 aliphatic carbocycles. The molecule has 0 saturated carbocycles. The van der Waals surface area contributed by atoms with Crippen molar-refractivity contribution in [1.82, 2.24) is 9.55 Å². The molecule has 0 radical (unpaired) electrons. The molecule has 0 fully saturated rings. The van der Waals surface area contributed by atoms with E-state index < -0.39 is 0 Å². The Hall–Kier alpha value is -3.92. The van der Waals surface area contributed by atoms with E-state index in [2.05, 4.69) is 17.1 Å². The van der Waals surface area contributed by atoms with Gasteiger partial charge in [-0.05, 0) is 28.8 Å². The first-order valence-electron chi connectivity index (χ1n) is 10.3. The summed E-state index contributed by atoms with van der Waals surface area (Å²) in [6, 6.07) is 29.7. The Balaban J connectivity index is 1.78. The highest BCUT2D eigenvalue weighted by Gasteiger charge is 2.08. The molecule has 31 heavy (non-hydrogen) atoms. The molecule has 4 nitrogen and oxygen atoms in total. The van der Waals surface area contributed by atoms with Gasteiger partial charge < -0.3 is 9.30 Å². The van der Waals surface area contributed by atoms with Crippen LogP contribution in [0, 0.1) is 0 Å². The van der Waals surface area contributed by atoms with Crippen LogP contribution >= 0.6 is 0 Å². The third kappa shape index (κ3) is 5.17. The molecule has 0 N–H and O–H groups in total. The molecule has 4 aromatic rings. The van der Waals surface area contributed by atoms with Crippen molar-refractivity contribution in [2.24, 2.45) is 7.05 Å². The zero-order valence-corrected chi connectivity index (χ0v) is 17.4. The maximum Gasteiger partial charge on any atom is 0.276 e. The Morgan fingerprint density at radius 1 is 0.806 bits per heavy atom. The normalized spacial score (nSPS) is 12.2. The van der Waals surface area contributed by atoms with Crippen molar-refractivity contribution in [1.29, 1.82) is 0 Å². The number of aromatic nitrogens is 2. The van der Waals surface area contributed by atoms with Crippen LogP contribution in [-0.4, -0.2) is 16.2 Å². The van der Waals surface area contributed by atoms with Crippen LogP contribution in [-0.2, 0) is 13.5 Å². The molecule has 0 unspecified atom stereocenters. The van der Waals surface area contributed by atoms with E-state index in [0.717, 1.165) is 17.5 Å². The predicted molar refractivity (Wildman–Crippen MR) is 124 cm³/mol. The first kappa shape index (κ1) is 20.4. The minimum absolute atomic E-state index is 0.165. The molecule has 1 aromatic heterocycles. The third-order valence-corrected chi connectivity index (χ3v) is 5.00. The first-order valence-corrected chi connectivity index (χ1v) is 10.3. The van der Waals surface area contributed by atoms with Gasteiger partial charge in [-0.15, -0.1) is 0 Å². The molecule has 4 rings (SSSR count). The monoisotopic (exact) mass is 408 g/mol. The van der Waals surface area contributed by atoms with Crippen LogP contribution in [0.5, 0.6) is 5.88 Å². The summed E-state index contributed by atoms with van der Waals surface area (Å²) in [4.78, 5) is 17.6. The molecule has 0 aliphatic rings. The molecule has 4 heteroatoms. The van der Waals surface area contributed by atoms with Gasteiger partial charge in [0.1, 0.15) is 10.7 Å². The van der Waals surface area contributed by atoms with Crippen molar-refractivity contribution in [2.75, 3.05) is 6.61 Å². The van der Waals surface area contributed by atoms with Gasteiger partial charge in [0.25, 0.3) is 5.56 Å². The molecule has 1 heterocycles. The van der Waals surface area contributed by atoms with Gasteiger partial charge in [0.15, 0.2) is 0 Å². The Labute approximate surface area is 181 Å². The van der Waals surface area contributed by atoms with Crippen molar-refractivity contribution in [3.63, 3.8) is 0 Å². The van der Waals surface area contributed by atoms with Gasteiger partial charge in [-0.1, -0.05) is 91.0 Å². The van der Waals surface area contributed by atoms with E-state index in [1.54, 1.807) is 17.7 Å². The molecular formula is C27H24N2O2. The maximum atomic E-state index is 13.0. The van der Waals surface area contributed by atoms with Gasteiger partial charge >= 0.3 is 0 Å². The maximum absolute atomic E-state index is 13.0. The number of nitrogens with zero attached hydrogens (tertiary/aromatic N) is 2. The third-order valence-electron chi connectivity index (χ3n) is 5.00. The molecule has 0 amide bonds. The van der Waals surface area contributed by atoms with E-state index in [-0.39, 0.29) is 5.56 Å². The molecule has 3 aromatic carbocycles. The number of rotatable bonds is 6. The second-order valence-electron chi connectivity index (χ2n) is 7.25. The summed E-state index contributed by atoms with van der Waals surface area (Å²) in [5.74, 6) is 0.448. The summed E-state index contributed by atoms with van der Waals surface area (Å²) in [5, 5.41) is 1.00. The van der Waals surface area contributed by atoms with Gasteiger partial charge in [-0.3, -0.25) is 4.79 Å². The second kappa shape index (κ2) is 9.72. The van der Waals surface area contributed by atoms with Crippen molar-refractivity contribution in [2.45, 2.75) is 6.42 Å². The van der Waals surface area contributed by atoms with Gasteiger partial charge in [-0.2, -0.15) is 0 Å². The smallest absolute Gasteiger partial charge is 0.276 e. The zero-order valence-electron chi connectivity index (χ0n) is 17.4. The van der Waals surface area contributed by atoms with E-state index in [0.29, 0.717) is 23.2 Å². The predicted octanol–water partition coefficient (Wildman–Crippen LogP) is 3.06. The second-order valence-corrected chi connectivity index (χ2v) is 7.25. The van der Waals surface area contributed by atoms with E-state index in [1.807, 2.05) is 84.9 Å². The topological polar surface area (TPSA) is 44.1 Å². The fourth-order valence-corrected chi connectivity index (χ4v) is 3.32. The summed E-state index contributed by atoms with van der Waals surface area (Å²) in [5.41, 5.74) is 2.92. The molecule has 0 saturated heterocycles. The number of hydrogen-bond acceptors (Lipinski definition) is 3. The van der Waals surface area contributed by atoms with Crippen LogP contribution in [0.15, 0.2) is 95.8 Å². The highest BCUT2D eigenvalue weighted by atomic mass is 16.5. The Morgan fingerprint density at radius 3 is 1.97 bits per heavy atom. The standard InChI is InChI=1S/C27H24N2O2/c1-29-25(20-23-15-9-4-10-16-23)26(31-18-17-21-11-5-2-6-12-21)28-24(27(29)30)19-22-13-7-3-8-14-22/h2-16,19-20H,17-18H2,1H3. The van der Waals surface area contributed by atoms with Crippen LogP contribution in [0.2, 0.25) is 0 Å². The summed E-state index contributed by atoms with van der Waals surface area (Å²) in [6.45, 7) is 0.468. The van der Waals surface area contributed by atoms with Gasteiger partial charge in [0.2, 0.25) is 5.88 Å². The molecular weight excluding hydrogens is 384 g/mol. The van der Waals surface area contributed by atoms with Crippen molar-refractivity contribution >= 4 is 12.2 Å². The quantitative estimate of drug-likeness (QED) is 0.493. The minimum atomic E-state index is -0.165. The first-order chi connectivity index (χ1) is 15.2. The largest absolute Gasteiger partial charge is 0.476 e. The van der Waals surface area contributed by atoms with Gasteiger partial charge in [-0.25, -0.2) is 4.98 Å². The van der Waals surface area contributed by atoms with Crippen molar-refractivity contribution in [3.05, 3.63) is 129 Å². The van der Waals surface area contributed by atoms with Crippen LogP contribution in [0.1, 0.15) is 16.7 Å². The highest BCUT2D eigenvalue weighted by molar-refractivity contribution is 5.51. The van der Waals surface area contributed by atoms with Crippen LogP contribution in [0.3, 0.4) is 0 Å². The van der Waals surface area contributed by atoms with E-state index in [4.69, 9.17) is 4.74 Å². The summed E-state index contributed by atoms with van der Waals surface area (Å²) in [7, 11) is 1.76. The fraction of sp³-hybridized carbons (Fsp3) is 0.111. The van der Waals surface area contributed by atoms with E-state index >= 15 is 0 Å². The SMILES string of the molecule is Cn1c(=Cc2ccccc2)c(OCCc2ccccc2)nc(=Cc2ccccc2)c1=O. The number of hydrogen-bond donors (Lipinski definition) is 0. The number of benzene rings is 3. The Kier molecular flexibility index (Phi) is 6.38. The summed E-state index contributed by atoms with van der Waals surface area (Å²) in [6.07, 6.45) is 4.48. The highest BCUT2D eigenvalue weighted by Crippen LogP contribution is 2.04. The van der Waals surface area contributed by atoms with Crippen LogP contribution < -0.4 is 21.0 Å². The molecule has 0 spiro atoms. The zero-order chi connectivity index (χ0) is 21.5. The van der Waals surface area contributed by atoms with E-state index in [1.165, 1.54) is 5.56 Å².